The molecule has 0 spiro atoms. The second-order valence-electron chi connectivity index (χ2n) is 6.44. The Morgan fingerprint density at radius 1 is 1.21 bits per heavy atom. The Hall–Kier alpha value is -2.15. The van der Waals surface area contributed by atoms with Crippen molar-refractivity contribution in [3.05, 3.63) is 41.7 Å². The molecule has 1 amide bonds. The van der Waals surface area contributed by atoms with E-state index in [-0.39, 0.29) is 17.7 Å². The molecule has 7 heteroatoms. The number of sulfone groups is 1. The summed E-state index contributed by atoms with van der Waals surface area (Å²) >= 11 is 0. The van der Waals surface area contributed by atoms with Gasteiger partial charge in [0, 0.05) is 11.9 Å². The summed E-state index contributed by atoms with van der Waals surface area (Å²) in [5, 5.41) is 7.11. The van der Waals surface area contributed by atoms with E-state index in [1.54, 1.807) is 35.1 Å². The highest BCUT2D eigenvalue weighted by Gasteiger charge is 2.27. The molecule has 0 unspecified atom stereocenters. The van der Waals surface area contributed by atoms with Crippen LogP contribution in [0, 0.1) is 0 Å². The van der Waals surface area contributed by atoms with Crippen LogP contribution in [0.5, 0.6) is 0 Å². The van der Waals surface area contributed by atoms with Gasteiger partial charge in [-0.25, -0.2) is 8.42 Å². The topological polar surface area (TPSA) is 81.1 Å². The molecule has 1 N–H and O–H groups in total. The van der Waals surface area contributed by atoms with Crippen molar-refractivity contribution in [2.45, 2.75) is 43.0 Å². The Labute approximate surface area is 140 Å². The van der Waals surface area contributed by atoms with Crippen molar-refractivity contribution in [2.24, 2.45) is 0 Å². The van der Waals surface area contributed by atoms with Gasteiger partial charge in [0.2, 0.25) is 0 Å². The molecule has 1 aliphatic heterocycles. The number of fused-ring (bicyclic) bond motifs is 1. The number of amides is 1. The molecule has 1 saturated carbocycles. The molecule has 2 aliphatic rings. The largest absolute Gasteiger partial charge is 0.321 e. The zero-order chi connectivity index (χ0) is 16.7. The number of rotatable bonds is 3. The number of benzene rings is 1. The van der Waals surface area contributed by atoms with Gasteiger partial charge in [-0.1, -0.05) is 18.9 Å². The number of hydrogen-bond donors (Lipinski definition) is 1. The van der Waals surface area contributed by atoms with Crippen LogP contribution in [-0.2, 0) is 16.3 Å². The first kappa shape index (κ1) is 15.4. The molecule has 1 aromatic heterocycles. The third-order valence-corrected chi connectivity index (χ3v) is 6.67. The summed E-state index contributed by atoms with van der Waals surface area (Å²) in [6, 6.07) is 7.09. The number of aromatic nitrogens is 2. The second kappa shape index (κ2) is 5.73. The number of aryl methyl sites for hydroxylation is 1. The van der Waals surface area contributed by atoms with Gasteiger partial charge in [0.25, 0.3) is 5.91 Å². The molecule has 6 nitrogen and oxygen atoms in total. The van der Waals surface area contributed by atoms with Crippen LogP contribution in [-0.4, -0.2) is 29.9 Å². The Bertz CT molecular complexity index is 896. The van der Waals surface area contributed by atoms with E-state index < -0.39 is 9.84 Å². The summed E-state index contributed by atoms with van der Waals surface area (Å²) in [5.74, 6) is -0.108. The van der Waals surface area contributed by atoms with Gasteiger partial charge in [-0.3, -0.25) is 9.48 Å². The Morgan fingerprint density at radius 2 is 2.00 bits per heavy atom. The minimum Gasteiger partial charge on any atom is -0.321 e. The number of nitrogens with one attached hydrogen (secondary N) is 1. The van der Waals surface area contributed by atoms with Gasteiger partial charge in [0.1, 0.15) is 5.69 Å². The van der Waals surface area contributed by atoms with E-state index in [0.717, 1.165) is 31.2 Å². The van der Waals surface area contributed by atoms with Crippen molar-refractivity contribution in [1.29, 1.82) is 0 Å². The SMILES string of the molecule is O=C(Nc1ccc2c(c1)S(=O)(=O)CC2)c1ccnn1C1CCCC1. The quantitative estimate of drug-likeness (QED) is 0.927. The monoisotopic (exact) mass is 345 g/mol. The molecule has 2 heterocycles. The number of anilines is 1. The highest BCUT2D eigenvalue weighted by molar-refractivity contribution is 7.91. The minimum absolute atomic E-state index is 0.147. The van der Waals surface area contributed by atoms with E-state index in [2.05, 4.69) is 10.4 Å². The van der Waals surface area contributed by atoms with Gasteiger partial charge in [0.15, 0.2) is 9.84 Å². The lowest BCUT2D eigenvalue weighted by molar-refractivity contribution is 0.101. The van der Waals surface area contributed by atoms with Crippen LogP contribution in [0.25, 0.3) is 0 Å². The van der Waals surface area contributed by atoms with Crippen LogP contribution in [0.15, 0.2) is 35.4 Å². The van der Waals surface area contributed by atoms with Crippen LogP contribution < -0.4 is 5.32 Å². The zero-order valence-electron chi connectivity index (χ0n) is 13.2. The summed E-state index contributed by atoms with van der Waals surface area (Å²) in [5.41, 5.74) is 1.85. The van der Waals surface area contributed by atoms with Crippen molar-refractivity contribution in [2.75, 3.05) is 11.1 Å². The summed E-state index contributed by atoms with van der Waals surface area (Å²) in [6.07, 6.45) is 6.58. The summed E-state index contributed by atoms with van der Waals surface area (Å²) in [4.78, 5) is 12.9. The normalized spacial score (nSPS) is 19.3. The van der Waals surface area contributed by atoms with E-state index in [1.165, 1.54) is 0 Å². The minimum atomic E-state index is -3.21. The average molecular weight is 345 g/mol. The van der Waals surface area contributed by atoms with Crippen LogP contribution in [0.3, 0.4) is 0 Å². The molecule has 2 aromatic rings. The average Bonchev–Trinajstić information content (AvgIpc) is 3.27. The van der Waals surface area contributed by atoms with Crippen LogP contribution in [0.1, 0.15) is 47.8 Å². The lowest BCUT2D eigenvalue weighted by atomic mass is 10.1. The third kappa shape index (κ3) is 2.62. The van der Waals surface area contributed by atoms with Gasteiger partial charge in [-0.2, -0.15) is 5.10 Å². The number of nitrogens with zero attached hydrogens (tertiary/aromatic N) is 2. The maximum Gasteiger partial charge on any atom is 0.273 e. The van der Waals surface area contributed by atoms with E-state index in [9.17, 15) is 13.2 Å². The molecular weight excluding hydrogens is 326 g/mol. The second-order valence-corrected chi connectivity index (χ2v) is 8.52. The van der Waals surface area contributed by atoms with E-state index in [4.69, 9.17) is 0 Å². The molecule has 1 aromatic carbocycles. The van der Waals surface area contributed by atoms with E-state index >= 15 is 0 Å². The molecule has 1 fully saturated rings. The molecular formula is C17H19N3O3S. The predicted octanol–water partition coefficient (Wildman–Crippen LogP) is 2.58. The van der Waals surface area contributed by atoms with Crippen LogP contribution in [0.2, 0.25) is 0 Å². The Kier molecular flexibility index (Phi) is 3.68. The number of hydrogen-bond acceptors (Lipinski definition) is 4. The van der Waals surface area contributed by atoms with Gasteiger partial charge in [0.05, 0.1) is 16.7 Å². The van der Waals surface area contributed by atoms with E-state index in [0.29, 0.717) is 22.7 Å². The Balaban J connectivity index is 1.59. The first-order valence-electron chi connectivity index (χ1n) is 8.25. The first-order valence-corrected chi connectivity index (χ1v) is 9.90. The maximum absolute atomic E-state index is 12.6. The fourth-order valence-corrected chi connectivity index (χ4v) is 5.20. The highest BCUT2D eigenvalue weighted by Crippen LogP contribution is 2.31. The van der Waals surface area contributed by atoms with Crippen molar-refractivity contribution >= 4 is 21.4 Å². The maximum atomic E-state index is 12.6. The fourth-order valence-electron chi connectivity index (χ4n) is 3.61. The van der Waals surface area contributed by atoms with Gasteiger partial charge in [-0.15, -0.1) is 0 Å². The van der Waals surface area contributed by atoms with Gasteiger partial charge >= 0.3 is 0 Å². The molecule has 0 saturated heterocycles. The lowest BCUT2D eigenvalue weighted by Gasteiger charge is -2.14. The zero-order valence-corrected chi connectivity index (χ0v) is 14.1. The van der Waals surface area contributed by atoms with Gasteiger partial charge < -0.3 is 5.32 Å². The highest BCUT2D eigenvalue weighted by atomic mass is 32.2. The Morgan fingerprint density at radius 3 is 2.79 bits per heavy atom. The molecule has 4 rings (SSSR count). The molecule has 1 aliphatic carbocycles. The molecule has 0 radical (unpaired) electrons. The predicted molar refractivity (Wildman–Crippen MR) is 89.9 cm³/mol. The molecule has 126 valence electrons. The first-order chi connectivity index (χ1) is 11.5. The van der Waals surface area contributed by atoms with Gasteiger partial charge in [-0.05, 0) is 43.0 Å². The smallest absolute Gasteiger partial charge is 0.273 e. The van der Waals surface area contributed by atoms with Crippen molar-refractivity contribution in [3.8, 4) is 0 Å². The summed E-state index contributed by atoms with van der Waals surface area (Å²) in [7, 11) is -3.21. The van der Waals surface area contributed by atoms with Crippen LogP contribution >= 0.6 is 0 Å². The van der Waals surface area contributed by atoms with Crippen LogP contribution in [0.4, 0.5) is 5.69 Å². The van der Waals surface area contributed by atoms with Crippen molar-refractivity contribution in [3.63, 3.8) is 0 Å². The molecule has 0 atom stereocenters. The van der Waals surface area contributed by atoms with Crippen molar-refractivity contribution in [1.82, 2.24) is 9.78 Å². The lowest BCUT2D eigenvalue weighted by Crippen LogP contribution is -2.20. The fraction of sp³-hybridized carbons (Fsp3) is 0.412. The standard InChI is InChI=1S/C17H19N3O3S/c21-17(15-7-9-18-20(15)14-3-1-2-4-14)19-13-6-5-12-8-10-24(22,23)16(12)11-13/h5-7,9,11,14H,1-4,8,10H2,(H,19,21). The summed E-state index contributed by atoms with van der Waals surface area (Å²) < 4.78 is 25.8. The number of carbonyl (C=O) groups excluding carboxylic acids is 1. The molecule has 0 bridgehead atoms. The molecule has 24 heavy (non-hydrogen) atoms. The van der Waals surface area contributed by atoms with E-state index in [1.807, 2.05) is 0 Å². The van der Waals surface area contributed by atoms with Crippen molar-refractivity contribution < 1.29 is 13.2 Å². The summed E-state index contributed by atoms with van der Waals surface area (Å²) in [6.45, 7) is 0. The third-order valence-electron chi connectivity index (χ3n) is 4.87. The number of carbonyl (C=O) groups is 1.